The van der Waals surface area contributed by atoms with Gasteiger partial charge < -0.3 is 5.32 Å². The summed E-state index contributed by atoms with van der Waals surface area (Å²) in [5, 5.41) is 19.9. The molecule has 7 nitrogen and oxygen atoms in total. The third-order valence-corrected chi connectivity index (χ3v) is 5.05. The van der Waals surface area contributed by atoms with Gasteiger partial charge in [0.25, 0.3) is 0 Å². The molecule has 2 aromatic rings. The third kappa shape index (κ3) is 4.41. The van der Waals surface area contributed by atoms with Crippen molar-refractivity contribution < 1.29 is 4.79 Å². The molecule has 3 rings (SSSR count). The van der Waals surface area contributed by atoms with Crippen LogP contribution in [-0.2, 0) is 19.5 Å². The van der Waals surface area contributed by atoms with Crippen molar-refractivity contribution in [3.05, 3.63) is 34.4 Å². The molecule has 0 unspecified atom stereocenters. The topological polar surface area (TPSA) is 84.7 Å². The maximum atomic E-state index is 12.1. The van der Waals surface area contributed by atoms with E-state index >= 15 is 0 Å². The minimum atomic E-state index is -0.256. The summed E-state index contributed by atoms with van der Waals surface area (Å²) < 4.78 is 1.86. The lowest BCUT2D eigenvalue weighted by Crippen LogP contribution is -2.29. The van der Waals surface area contributed by atoms with E-state index in [1.165, 1.54) is 17.8 Å². The first-order valence-corrected chi connectivity index (χ1v) is 9.09. The highest BCUT2D eigenvalue weighted by Gasteiger charge is 2.14. The molecule has 0 spiro atoms. The molecule has 0 saturated carbocycles. The standard InChI is InChI=1S/C16H22N6OS/c1-2-14-20-21-15(24-14)10-17-16(23)19-13-8-9-18-22(13)11-12-6-4-3-5-7-12/h3-4,8-9,12H,2,5-7,10-11H2,1H3,(H2,17,19,23)/t12-/m1/s1. The van der Waals surface area contributed by atoms with E-state index in [-0.39, 0.29) is 6.03 Å². The van der Waals surface area contributed by atoms with E-state index in [9.17, 15) is 4.79 Å². The second-order valence-corrected chi connectivity index (χ2v) is 6.95. The van der Waals surface area contributed by atoms with Crippen LogP contribution in [0, 0.1) is 5.92 Å². The van der Waals surface area contributed by atoms with Crippen molar-refractivity contribution in [3.8, 4) is 0 Å². The van der Waals surface area contributed by atoms with Crippen LogP contribution in [0.3, 0.4) is 0 Å². The summed E-state index contributed by atoms with van der Waals surface area (Å²) in [7, 11) is 0. The van der Waals surface area contributed by atoms with Crippen molar-refractivity contribution in [2.45, 2.75) is 45.7 Å². The highest BCUT2D eigenvalue weighted by atomic mass is 32.1. The molecule has 1 atom stereocenters. The van der Waals surface area contributed by atoms with Crippen LogP contribution in [0.25, 0.3) is 0 Å². The Kier molecular flexibility index (Phi) is 5.58. The van der Waals surface area contributed by atoms with Crippen LogP contribution in [0.15, 0.2) is 24.4 Å². The first kappa shape index (κ1) is 16.6. The number of anilines is 1. The zero-order valence-corrected chi connectivity index (χ0v) is 14.6. The molecule has 2 aromatic heterocycles. The van der Waals surface area contributed by atoms with Gasteiger partial charge in [-0.2, -0.15) is 5.10 Å². The van der Waals surface area contributed by atoms with Gasteiger partial charge in [-0.3, -0.25) is 5.32 Å². The third-order valence-electron chi connectivity index (χ3n) is 3.98. The van der Waals surface area contributed by atoms with Crippen LogP contribution < -0.4 is 10.6 Å². The molecule has 0 aromatic carbocycles. The molecule has 2 N–H and O–H groups in total. The van der Waals surface area contributed by atoms with Crippen molar-refractivity contribution >= 4 is 23.2 Å². The SMILES string of the molecule is CCc1nnc(CNC(=O)Nc2ccnn2C[C@@H]2CC=CCC2)s1. The van der Waals surface area contributed by atoms with Gasteiger partial charge in [0.15, 0.2) is 0 Å². The van der Waals surface area contributed by atoms with Crippen LogP contribution in [0.1, 0.15) is 36.2 Å². The number of rotatable bonds is 6. The molecule has 0 aliphatic heterocycles. The molecule has 24 heavy (non-hydrogen) atoms. The molecule has 0 radical (unpaired) electrons. The molecule has 1 aliphatic carbocycles. The molecule has 1 aliphatic rings. The molecule has 0 bridgehead atoms. The summed E-state index contributed by atoms with van der Waals surface area (Å²) in [5.41, 5.74) is 0. The van der Waals surface area contributed by atoms with Gasteiger partial charge in [0.05, 0.1) is 12.7 Å². The number of aromatic nitrogens is 4. The second-order valence-electron chi connectivity index (χ2n) is 5.80. The van der Waals surface area contributed by atoms with Gasteiger partial charge >= 0.3 is 6.03 Å². The van der Waals surface area contributed by atoms with Crippen molar-refractivity contribution in [3.63, 3.8) is 0 Å². The zero-order valence-electron chi connectivity index (χ0n) is 13.7. The van der Waals surface area contributed by atoms with E-state index in [1.807, 2.05) is 17.7 Å². The summed E-state index contributed by atoms with van der Waals surface area (Å²) >= 11 is 1.52. The van der Waals surface area contributed by atoms with Crippen LogP contribution in [0.5, 0.6) is 0 Å². The van der Waals surface area contributed by atoms with Crippen molar-refractivity contribution in [1.29, 1.82) is 0 Å². The molecular formula is C16H22N6OS. The number of allylic oxidation sites excluding steroid dienone is 2. The lowest BCUT2D eigenvalue weighted by Gasteiger charge is -2.19. The Morgan fingerprint density at radius 2 is 2.25 bits per heavy atom. The lowest BCUT2D eigenvalue weighted by molar-refractivity contribution is 0.251. The van der Waals surface area contributed by atoms with Gasteiger partial charge in [-0.1, -0.05) is 30.4 Å². The fourth-order valence-corrected chi connectivity index (χ4v) is 3.39. The Hall–Kier alpha value is -2.22. The van der Waals surface area contributed by atoms with E-state index in [4.69, 9.17) is 0 Å². The number of hydrogen-bond donors (Lipinski definition) is 2. The monoisotopic (exact) mass is 346 g/mol. The molecule has 0 fully saturated rings. The van der Waals surface area contributed by atoms with Gasteiger partial charge in [-0.05, 0) is 31.6 Å². The largest absolute Gasteiger partial charge is 0.331 e. The van der Waals surface area contributed by atoms with Gasteiger partial charge in [0, 0.05) is 12.6 Å². The van der Waals surface area contributed by atoms with Crippen molar-refractivity contribution in [2.75, 3.05) is 5.32 Å². The Balaban J connectivity index is 1.51. The van der Waals surface area contributed by atoms with Crippen LogP contribution in [0.2, 0.25) is 0 Å². The van der Waals surface area contributed by atoms with Crippen molar-refractivity contribution in [1.82, 2.24) is 25.3 Å². The van der Waals surface area contributed by atoms with E-state index in [1.54, 1.807) is 6.20 Å². The predicted octanol–water partition coefficient (Wildman–Crippen LogP) is 2.98. The Labute approximate surface area is 145 Å². The Morgan fingerprint density at radius 1 is 1.38 bits per heavy atom. The Bertz CT molecular complexity index is 707. The highest BCUT2D eigenvalue weighted by Crippen LogP contribution is 2.21. The number of hydrogen-bond acceptors (Lipinski definition) is 5. The maximum Gasteiger partial charge on any atom is 0.320 e. The zero-order chi connectivity index (χ0) is 16.8. The quantitative estimate of drug-likeness (QED) is 0.788. The normalized spacial score (nSPS) is 17.0. The van der Waals surface area contributed by atoms with Gasteiger partial charge in [0.2, 0.25) is 0 Å². The minimum absolute atomic E-state index is 0.256. The summed E-state index contributed by atoms with van der Waals surface area (Å²) in [5.74, 6) is 1.29. The van der Waals surface area contributed by atoms with Gasteiger partial charge in [-0.25, -0.2) is 9.48 Å². The summed E-state index contributed by atoms with van der Waals surface area (Å²) in [6, 6.07) is 1.56. The lowest BCUT2D eigenvalue weighted by atomic mass is 9.94. The number of amides is 2. The fraction of sp³-hybridized carbons (Fsp3) is 0.500. The fourth-order valence-electron chi connectivity index (χ4n) is 2.67. The highest BCUT2D eigenvalue weighted by molar-refractivity contribution is 7.11. The molecular weight excluding hydrogens is 324 g/mol. The van der Waals surface area contributed by atoms with E-state index in [0.717, 1.165) is 35.8 Å². The first-order valence-electron chi connectivity index (χ1n) is 8.27. The average Bonchev–Trinajstić information content (AvgIpc) is 3.23. The molecule has 0 saturated heterocycles. The van der Waals surface area contributed by atoms with Crippen molar-refractivity contribution in [2.24, 2.45) is 5.92 Å². The number of carbonyl (C=O) groups excluding carboxylic acids is 1. The molecule has 2 heterocycles. The number of urea groups is 1. The number of carbonyl (C=O) groups is 1. The van der Waals surface area contributed by atoms with Crippen LogP contribution in [-0.4, -0.2) is 26.0 Å². The summed E-state index contributed by atoms with van der Waals surface area (Å²) in [4.78, 5) is 12.1. The average molecular weight is 346 g/mol. The van der Waals surface area contributed by atoms with Gasteiger partial charge in [-0.15, -0.1) is 10.2 Å². The molecule has 8 heteroatoms. The van der Waals surface area contributed by atoms with E-state index in [2.05, 4.69) is 38.1 Å². The van der Waals surface area contributed by atoms with E-state index in [0.29, 0.717) is 18.3 Å². The second kappa shape index (κ2) is 8.05. The van der Waals surface area contributed by atoms with Crippen LogP contribution >= 0.6 is 11.3 Å². The summed E-state index contributed by atoms with van der Waals surface area (Å²) in [6.07, 6.45) is 10.4. The number of nitrogens with zero attached hydrogens (tertiary/aromatic N) is 4. The van der Waals surface area contributed by atoms with Gasteiger partial charge in [0.1, 0.15) is 15.8 Å². The number of aryl methyl sites for hydroxylation is 1. The first-order chi connectivity index (χ1) is 11.7. The predicted molar refractivity (Wildman–Crippen MR) is 93.9 cm³/mol. The maximum absolute atomic E-state index is 12.1. The minimum Gasteiger partial charge on any atom is -0.331 e. The smallest absolute Gasteiger partial charge is 0.320 e. The van der Waals surface area contributed by atoms with Crippen LogP contribution in [0.4, 0.5) is 10.6 Å². The Morgan fingerprint density at radius 3 is 3.00 bits per heavy atom. The number of nitrogens with one attached hydrogen (secondary N) is 2. The summed E-state index contributed by atoms with van der Waals surface area (Å²) in [6.45, 7) is 3.24. The van der Waals surface area contributed by atoms with E-state index < -0.39 is 0 Å². The molecule has 2 amide bonds. The molecule has 128 valence electrons.